The van der Waals surface area contributed by atoms with Crippen molar-refractivity contribution in [3.8, 4) is 0 Å². The van der Waals surface area contributed by atoms with Crippen LogP contribution in [0.4, 0.5) is 0 Å². The second-order valence-electron chi connectivity index (χ2n) is 14.0. The fraction of sp³-hybridized carbons (Fsp3) is 0.647. The lowest BCUT2D eigenvalue weighted by Gasteiger charge is -2.49. The second-order valence-corrected chi connectivity index (χ2v) is 14.0. The summed E-state index contributed by atoms with van der Waals surface area (Å²) in [5, 5.41) is 36.2. The summed E-state index contributed by atoms with van der Waals surface area (Å²) in [5.41, 5.74) is -0.778. The largest absolute Gasteiger partial charge is 0.499 e. The van der Waals surface area contributed by atoms with Crippen molar-refractivity contribution in [2.45, 2.75) is 108 Å². The molecule has 9 unspecified atom stereocenters. The zero-order valence-corrected chi connectivity index (χ0v) is 28.6. The molecular weight excluding hydrogens is 658 g/mol. The maximum Gasteiger partial charge on any atom is 0.327 e. The van der Waals surface area contributed by atoms with Crippen molar-refractivity contribution in [1.29, 1.82) is 0 Å². The third kappa shape index (κ3) is 8.12. The predicted octanol–water partition coefficient (Wildman–Crippen LogP) is -0.328. The van der Waals surface area contributed by atoms with Crippen molar-refractivity contribution >= 4 is 29.8 Å². The summed E-state index contributed by atoms with van der Waals surface area (Å²) in [6.07, 6.45) is -1.51. The summed E-state index contributed by atoms with van der Waals surface area (Å²) >= 11 is 0. The first-order valence-electron chi connectivity index (χ1n) is 16.7. The number of amides is 2. The number of rotatable bonds is 15. The standard InChI is InChI=1S/C34H47N3O13/c1-19(40)25(30(42)35-22(17-39)8-9-24(41)49-33(2,3)4)36-32(44)34-15-23-26-27(47-18-46-26)29(34)50-37(28(34)31(43)48-23)16-21-7-5-6-20(14-21)10-12-45-13-11-38/h5-7,10,12,14,19,22-23,25-29,38-40H,8-9,11,13,15-18H2,1-4H3,(H,35,42)(H,36,44). The lowest BCUT2D eigenvalue weighted by molar-refractivity contribution is -0.201. The van der Waals surface area contributed by atoms with Gasteiger partial charge in [-0.1, -0.05) is 24.3 Å². The van der Waals surface area contributed by atoms with Crippen molar-refractivity contribution in [3.05, 3.63) is 41.7 Å². The van der Waals surface area contributed by atoms with Crippen molar-refractivity contribution in [1.82, 2.24) is 15.7 Å². The van der Waals surface area contributed by atoms with Gasteiger partial charge in [0.05, 0.1) is 38.2 Å². The molecule has 1 aliphatic carbocycles. The van der Waals surface area contributed by atoms with Gasteiger partial charge in [0.25, 0.3) is 0 Å². The SMILES string of the molecule is CC(O)C(NC(=O)C12CC3OC(=O)C1N(Cc1cccc(C=COCCO)c1)OC2C1OCOC31)C(=O)NC(CO)CCC(=O)OC(C)(C)C. The normalized spacial score (nSPS) is 29.1. The number of carbonyl (C=O) groups excluding carboxylic acids is 4. The zero-order valence-electron chi connectivity index (χ0n) is 28.6. The van der Waals surface area contributed by atoms with Crippen molar-refractivity contribution in [3.63, 3.8) is 0 Å². The van der Waals surface area contributed by atoms with E-state index >= 15 is 0 Å². The van der Waals surface area contributed by atoms with Gasteiger partial charge in [-0.15, -0.1) is 0 Å². The molecule has 1 aromatic rings. The Kier molecular flexibility index (Phi) is 11.8. The van der Waals surface area contributed by atoms with Crippen molar-refractivity contribution in [2.75, 3.05) is 26.6 Å². The van der Waals surface area contributed by atoms with Gasteiger partial charge in [0.2, 0.25) is 11.8 Å². The number of benzene rings is 1. The molecule has 3 aliphatic heterocycles. The Morgan fingerprint density at radius 2 is 1.92 bits per heavy atom. The Morgan fingerprint density at radius 1 is 1.16 bits per heavy atom. The lowest BCUT2D eigenvalue weighted by Crippen LogP contribution is -2.71. The van der Waals surface area contributed by atoms with Gasteiger partial charge in [-0.3, -0.25) is 24.0 Å². The average molecular weight is 706 g/mol. The third-order valence-electron chi connectivity index (χ3n) is 9.09. The van der Waals surface area contributed by atoms with E-state index in [1.807, 2.05) is 24.3 Å². The molecular formula is C34H47N3O13. The maximum atomic E-state index is 14.5. The van der Waals surface area contributed by atoms with Crippen LogP contribution in [0.2, 0.25) is 0 Å². The molecule has 0 radical (unpaired) electrons. The van der Waals surface area contributed by atoms with Crippen LogP contribution >= 0.6 is 0 Å². The van der Waals surface area contributed by atoms with E-state index in [-0.39, 0.29) is 45.8 Å². The molecule has 16 heteroatoms. The van der Waals surface area contributed by atoms with Gasteiger partial charge < -0.3 is 49.6 Å². The Labute approximate surface area is 289 Å². The number of carbonyl (C=O) groups is 4. The monoisotopic (exact) mass is 705 g/mol. The molecule has 3 heterocycles. The number of hydrogen-bond acceptors (Lipinski definition) is 14. The molecule has 1 aromatic carbocycles. The first-order chi connectivity index (χ1) is 23.8. The first kappa shape index (κ1) is 37.6. The minimum atomic E-state index is -1.59. The van der Waals surface area contributed by atoms with Crippen LogP contribution in [0.25, 0.3) is 6.08 Å². The van der Waals surface area contributed by atoms with Crippen molar-refractivity contribution < 1.29 is 63.0 Å². The molecule has 3 saturated heterocycles. The molecule has 2 bridgehead atoms. The van der Waals surface area contributed by atoms with E-state index in [9.17, 15) is 29.4 Å². The Balaban J connectivity index is 1.36. The molecule has 0 aromatic heterocycles. The van der Waals surface area contributed by atoms with Gasteiger partial charge in [-0.05, 0) is 51.3 Å². The zero-order chi connectivity index (χ0) is 36.2. The molecule has 1 saturated carbocycles. The molecule has 276 valence electrons. The predicted molar refractivity (Wildman–Crippen MR) is 172 cm³/mol. The van der Waals surface area contributed by atoms with E-state index in [1.165, 1.54) is 18.2 Å². The summed E-state index contributed by atoms with van der Waals surface area (Å²) in [7, 11) is 0. The van der Waals surface area contributed by atoms with Crippen LogP contribution < -0.4 is 10.6 Å². The smallest absolute Gasteiger partial charge is 0.327 e. The topological polar surface area (TPSA) is 212 Å². The van der Waals surface area contributed by atoms with Crippen LogP contribution in [0.15, 0.2) is 30.5 Å². The fourth-order valence-corrected chi connectivity index (χ4v) is 6.92. The highest BCUT2D eigenvalue weighted by molar-refractivity contribution is 5.96. The number of hydrogen-bond donors (Lipinski definition) is 5. The highest BCUT2D eigenvalue weighted by atomic mass is 16.8. The number of hydroxylamine groups is 2. The quantitative estimate of drug-likeness (QED) is 0.0899. The second kappa shape index (κ2) is 15.7. The van der Waals surface area contributed by atoms with Crippen LogP contribution in [0.1, 0.15) is 58.1 Å². The van der Waals surface area contributed by atoms with Gasteiger partial charge in [0, 0.05) is 12.8 Å². The fourth-order valence-electron chi connectivity index (χ4n) is 6.92. The van der Waals surface area contributed by atoms with Crippen LogP contribution in [0, 0.1) is 5.41 Å². The number of esters is 2. The molecule has 2 amide bonds. The summed E-state index contributed by atoms with van der Waals surface area (Å²) < 4.78 is 27.9. The van der Waals surface area contributed by atoms with Crippen LogP contribution in [-0.4, -0.2) is 125 Å². The first-order valence-corrected chi connectivity index (χ1v) is 16.7. The summed E-state index contributed by atoms with van der Waals surface area (Å²) in [5.74, 6) is -2.73. The van der Waals surface area contributed by atoms with E-state index in [0.29, 0.717) is 0 Å². The molecule has 5 N–H and O–H groups in total. The third-order valence-corrected chi connectivity index (χ3v) is 9.09. The van der Waals surface area contributed by atoms with Crippen LogP contribution in [0.5, 0.6) is 0 Å². The molecule has 4 aliphatic rings. The number of aliphatic hydroxyl groups is 3. The van der Waals surface area contributed by atoms with E-state index in [4.69, 9.17) is 33.6 Å². The van der Waals surface area contributed by atoms with Crippen molar-refractivity contribution in [2.24, 2.45) is 5.41 Å². The highest BCUT2D eigenvalue weighted by Crippen LogP contribution is 2.55. The Hall–Kier alpha value is -3.64. The number of nitrogens with zero attached hydrogens (tertiary/aromatic N) is 1. The summed E-state index contributed by atoms with van der Waals surface area (Å²) in [4.78, 5) is 60.3. The van der Waals surface area contributed by atoms with Crippen LogP contribution in [0.3, 0.4) is 0 Å². The van der Waals surface area contributed by atoms with Gasteiger partial charge >= 0.3 is 11.9 Å². The Morgan fingerprint density at radius 3 is 2.62 bits per heavy atom. The molecule has 16 nitrogen and oxygen atoms in total. The molecule has 5 rings (SSSR count). The minimum absolute atomic E-state index is 0.00914. The molecule has 0 spiro atoms. The summed E-state index contributed by atoms with van der Waals surface area (Å²) in [6, 6.07) is 3.72. The van der Waals surface area contributed by atoms with Gasteiger partial charge in [-0.2, -0.15) is 5.06 Å². The van der Waals surface area contributed by atoms with E-state index in [2.05, 4.69) is 10.6 Å². The average Bonchev–Trinajstić information content (AvgIpc) is 3.68. The Bertz CT molecular complexity index is 1430. The highest BCUT2D eigenvalue weighted by Gasteiger charge is 2.74. The van der Waals surface area contributed by atoms with Gasteiger partial charge in [0.1, 0.15) is 54.9 Å². The lowest BCUT2D eigenvalue weighted by atomic mass is 9.62. The number of ether oxygens (including phenoxy) is 5. The number of fused-ring (bicyclic) bond motifs is 4. The molecule has 9 atom stereocenters. The maximum absolute atomic E-state index is 14.5. The minimum Gasteiger partial charge on any atom is -0.499 e. The van der Waals surface area contributed by atoms with E-state index in [0.717, 1.165) is 11.1 Å². The van der Waals surface area contributed by atoms with Gasteiger partial charge in [0.15, 0.2) is 6.04 Å². The van der Waals surface area contributed by atoms with E-state index < -0.39 is 90.0 Å². The van der Waals surface area contributed by atoms with Gasteiger partial charge in [-0.25, -0.2) is 0 Å². The summed E-state index contributed by atoms with van der Waals surface area (Å²) in [6.45, 7) is 6.00. The number of aliphatic hydroxyl groups excluding tert-OH is 3. The molecule has 50 heavy (non-hydrogen) atoms. The van der Waals surface area contributed by atoms with Crippen LogP contribution in [-0.2, 0) is 54.2 Å². The van der Waals surface area contributed by atoms with E-state index in [1.54, 1.807) is 26.8 Å². The molecule has 4 fully saturated rings. The number of nitrogens with one attached hydrogen (secondary N) is 2.